The van der Waals surface area contributed by atoms with Gasteiger partial charge in [0, 0.05) is 27.2 Å². The molecule has 9 nitrogen and oxygen atoms in total. The Balaban J connectivity index is 0.00000364. The fourth-order valence-corrected chi connectivity index (χ4v) is 2.18. The van der Waals surface area contributed by atoms with E-state index in [9.17, 15) is 0 Å². The van der Waals surface area contributed by atoms with Crippen LogP contribution in [0.4, 0.5) is 0 Å². The Labute approximate surface area is 180 Å². The van der Waals surface area contributed by atoms with Crippen molar-refractivity contribution < 1.29 is 26.2 Å². The van der Waals surface area contributed by atoms with Gasteiger partial charge in [0.2, 0.25) is 0 Å². The summed E-state index contributed by atoms with van der Waals surface area (Å²) in [6.45, 7) is 3.95. The first-order chi connectivity index (χ1) is 12.6. The number of hydrazone groups is 2. The molecule has 12 heteroatoms. The van der Waals surface area contributed by atoms with Crippen molar-refractivity contribution in [2.45, 2.75) is 6.54 Å². The van der Waals surface area contributed by atoms with E-state index < -0.39 is 0 Å². The van der Waals surface area contributed by atoms with Crippen LogP contribution in [0.3, 0.4) is 0 Å². The predicted octanol–water partition coefficient (Wildman–Crippen LogP) is 0.0438. The molecule has 1 fully saturated rings. The van der Waals surface area contributed by atoms with Crippen molar-refractivity contribution in [3.63, 3.8) is 0 Å². The van der Waals surface area contributed by atoms with Crippen molar-refractivity contribution in [2.24, 2.45) is 20.2 Å². The van der Waals surface area contributed by atoms with Crippen molar-refractivity contribution in [3.8, 4) is 0 Å². The maximum absolute atomic E-state index is 5.90. The van der Waals surface area contributed by atoms with Crippen molar-refractivity contribution >= 4 is 47.5 Å². The van der Waals surface area contributed by atoms with Gasteiger partial charge in [-0.2, -0.15) is 10.2 Å². The summed E-state index contributed by atoms with van der Waals surface area (Å²) in [5.41, 5.74) is 5.72. The van der Waals surface area contributed by atoms with Gasteiger partial charge in [-0.05, 0) is 22.5 Å². The van der Waals surface area contributed by atoms with Crippen molar-refractivity contribution in [2.75, 3.05) is 40.4 Å². The van der Waals surface area contributed by atoms with E-state index in [1.807, 2.05) is 12.1 Å². The Bertz CT molecular complexity index is 700. The minimum absolute atomic E-state index is 0. The Morgan fingerprint density at radius 2 is 1.81 bits per heavy atom. The number of ether oxygens (including phenoxy) is 1. The molecule has 0 unspecified atom stereocenters. The molecule has 0 bridgehead atoms. The van der Waals surface area contributed by atoms with E-state index in [1.165, 1.54) is 6.21 Å². The quantitative estimate of drug-likeness (QED) is 0.204. The maximum atomic E-state index is 5.90. The average molecular weight is 459 g/mol. The topological polar surface area (TPSA) is 99.1 Å². The first-order valence-corrected chi connectivity index (χ1v) is 8.73. The zero-order chi connectivity index (χ0) is 18.8. The van der Waals surface area contributed by atoms with E-state index in [0.717, 1.165) is 32.1 Å². The second kappa shape index (κ2) is 12.8. The number of hydrogen-bond acceptors (Lipinski definition) is 9. The summed E-state index contributed by atoms with van der Waals surface area (Å²) < 4.78 is 11.3. The molecular weight excluding hydrogens is 438 g/mol. The number of nitrogens with zero attached hydrogens (tertiary/aromatic N) is 5. The van der Waals surface area contributed by atoms with E-state index in [1.54, 1.807) is 14.1 Å². The molecule has 2 N–H and O–H groups in total. The normalized spacial score (nSPS) is 17.0. The predicted molar refractivity (Wildman–Crippen MR) is 108 cm³/mol. The molecule has 0 aromatic carbocycles. The molecule has 0 atom stereocenters. The SMILES string of the molecule is CN=C([S-])N/N=C(/C=N/NC([S-])=NC)c1ccc(CN2CCOCC2)o1.[Cu+2]. The smallest absolute Gasteiger partial charge is 0.741 e. The maximum Gasteiger partial charge on any atom is 2.00 e. The van der Waals surface area contributed by atoms with Crippen LogP contribution in [0.25, 0.3) is 0 Å². The molecule has 0 aliphatic carbocycles. The molecule has 2 rings (SSSR count). The Hall–Kier alpha value is -1.56. The van der Waals surface area contributed by atoms with Crippen LogP contribution >= 0.6 is 0 Å². The third-order valence-electron chi connectivity index (χ3n) is 3.42. The first kappa shape index (κ1) is 23.5. The van der Waals surface area contributed by atoms with Gasteiger partial charge in [0.05, 0.1) is 26.0 Å². The third-order valence-corrected chi connectivity index (χ3v) is 3.97. The number of morpholine rings is 1. The number of rotatable bonds is 6. The summed E-state index contributed by atoms with van der Waals surface area (Å²) in [6.07, 6.45) is 1.47. The molecule has 27 heavy (non-hydrogen) atoms. The fraction of sp³-hybridized carbons (Fsp3) is 0.467. The van der Waals surface area contributed by atoms with Gasteiger partial charge in [-0.3, -0.25) is 25.7 Å². The summed E-state index contributed by atoms with van der Waals surface area (Å²) in [6, 6.07) is 3.74. The van der Waals surface area contributed by atoms with Gasteiger partial charge in [0.1, 0.15) is 11.5 Å². The summed E-state index contributed by atoms with van der Waals surface area (Å²) in [5, 5.41) is 8.71. The van der Waals surface area contributed by atoms with Gasteiger partial charge in [-0.1, -0.05) is 0 Å². The third kappa shape index (κ3) is 8.33. The molecule has 1 radical (unpaired) electrons. The van der Waals surface area contributed by atoms with Crippen LogP contribution in [0.1, 0.15) is 11.5 Å². The molecule has 0 spiro atoms. The zero-order valence-corrected chi connectivity index (χ0v) is 17.5. The van der Waals surface area contributed by atoms with Gasteiger partial charge in [-0.25, -0.2) is 0 Å². The number of hydrogen-bond donors (Lipinski definition) is 2. The van der Waals surface area contributed by atoms with Gasteiger partial charge in [0.25, 0.3) is 0 Å². The van der Waals surface area contributed by atoms with Crippen LogP contribution in [0.15, 0.2) is 36.7 Å². The molecular formula is C15H21CuN7O2S2. The summed E-state index contributed by atoms with van der Waals surface area (Å²) >= 11 is 9.90. The van der Waals surface area contributed by atoms with E-state index in [-0.39, 0.29) is 27.4 Å². The largest absolute Gasteiger partial charge is 2.00 e. The molecule has 1 aromatic rings. The monoisotopic (exact) mass is 458 g/mol. The van der Waals surface area contributed by atoms with Crippen molar-refractivity contribution in [3.05, 3.63) is 23.7 Å². The zero-order valence-electron chi connectivity index (χ0n) is 14.9. The number of nitrogens with one attached hydrogen (secondary N) is 2. The van der Waals surface area contributed by atoms with Gasteiger partial charge < -0.3 is 34.4 Å². The molecule has 1 aromatic heterocycles. The average Bonchev–Trinajstić information content (AvgIpc) is 3.12. The summed E-state index contributed by atoms with van der Waals surface area (Å²) in [4.78, 5) is 9.88. The van der Waals surface area contributed by atoms with Gasteiger partial charge in [-0.15, -0.1) is 0 Å². The minimum Gasteiger partial charge on any atom is -0.741 e. The minimum atomic E-state index is 0. The second-order valence-corrected chi connectivity index (χ2v) is 5.96. The van der Waals surface area contributed by atoms with E-state index in [4.69, 9.17) is 34.4 Å². The Morgan fingerprint density at radius 3 is 2.48 bits per heavy atom. The molecule has 1 aliphatic rings. The first-order valence-electron chi connectivity index (χ1n) is 7.92. The van der Waals surface area contributed by atoms with Crippen molar-refractivity contribution in [1.29, 1.82) is 0 Å². The molecule has 0 amide bonds. The van der Waals surface area contributed by atoms with Crippen LogP contribution in [-0.2, 0) is 53.6 Å². The summed E-state index contributed by atoms with van der Waals surface area (Å²) in [5.74, 6) is 1.38. The van der Waals surface area contributed by atoms with E-state index >= 15 is 0 Å². The van der Waals surface area contributed by atoms with Crippen molar-refractivity contribution in [1.82, 2.24) is 15.8 Å². The van der Waals surface area contributed by atoms with Crippen LogP contribution in [0.2, 0.25) is 0 Å². The molecule has 1 saturated heterocycles. The molecule has 0 saturated carbocycles. The Morgan fingerprint density at radius 1 is 1.15 bits per heavy atom. The number of furan rings is 1. The summed E-state index contributed by atoms with van der Waals surface area (Å²) in [7, 11) is 3.15. The standard InChI is InChI=1S/C15H23N7O2S2.Cu/c1-16-14(25)20-18-9-12(19-21-15(26)17-2)13-4-3-11(24-13)10-22-5-7-23-8-6-22;/h3-4,9H,5-8,10H2,1-2H3,(H2,16,20,25)(H2,17,21,26);/q;+2/p-2/b18-9+,19-12-;. The number of aliphatic imine (C=N–C) groups is 2. The van der Waals surface area contributed by atoms with Crippen LogP contribution < -0.4 is 10.9 Å². The van der Waals surface area contributed by atoms with E-state index in [0.29, 0.717) is 18.0 Å². The molecule has 151 valence electrons. The molecule has 1 aliphatic heterocycles. The van der Waals surface area contributed by atoms with Crippen LogP contribution in [0.5, 0.6) is 0 Å². The van der Waals surface area contributed by atoms with E-state index in [2.05, 4.69) is 35.9 Å². The molecule has 2 heterocycles. The van der Waals surface area contributed by atoms with Gasteiger partial charge in [0.15, 0.2) is 5.76 Å². The second-order valence-electron chi connectivity index (χ2n) is 5.19. The van der Waals surface area contributed by atoms with Crippen LogP contribution in [-0.4, -0.2) is 67.6 Å². The van der Waals surface area contributed by atoms with Gasteiger partial charge >= 0.3 is 17.1 Å². The number of amidine groups is 2. The van der Waals surface area contributed by atoms with Crippen LogP contribution in [0, 0.1) is 0 Å². The Kier molecular flexibility index (Phi) is 11.1. The fourth-order valence-electron chi connectivity index (χ4n) is 2.08.